The number of hydrogen-bond donors (Lipinski definition) is 2. The highest BCUT2D eigenvalue weighted by Gasteiger charge is 2.14. The smallest absolute Gasteiger partial charge is 0.108 e. The summed E-state index contributed by atoms with van der Waals surface area (Å²) in [6.07, 6.45) is 4.36. The molecule has 80 valence electrons. The van der Waals surface area contributed by atoms with Gasteiger partial charge in [0.2, 0.25) is 0 Å². The number of aliphatic hydroxyl groups excluding tert-OH is 1. The van der Waals surface area contributed by atoms with Crippen molar-refractivity contribution in [2.24, 2.45) is 0 Å². The summed E-state index contributed by atoms with van der Waals surface area (Å²) in [6.45, 7) is 0. The lowest BCUT2D eigenvalue weighted by Crippen LogP contribution is -1.98. The third-order valence-corrected chi connectivity index (χ3v) is 2.78. The highest BCUT2D eigenvalue weighted by Crippen LogP contribution is 2.28. The molecule has 2 heterocycles. The molecule has 0 fully saturated rings. The molecular weight excluding hydrogens is 202 g/mol. The molecule has 1 aromatic carbocycles. The van der Waals surface area contributed by atoms with E-state index in [-0.39, 0.29) is 0 Å². The molecule has 3 rings (SSSR count). The van der Waals surface area contributed by atoms with Gasteiger partial charge >= 0.3 is 0 Å². The Morgan fingerprint density at radius 2 is 2.12 bits per heavy atom. The maximum atomic E-state index is 10.2. The number of nitrogens with one attached hydrogen (secondary N) is 1. The molecule has 0 aliphatic carbocycles. The predicted molar refractivity (Wildman–Crippen MR) is 61.1 cm³/mol. The van der Waals surface area contributed by atoms with E-state index in [2.05, 4.69) is 4.98 Å². The molecule has 0 aliphatic rings. The van der Waals surface area contributed by atoms with Crippen LogP contribution in [0.2, 0.25) is 0 Å². The van der Waals surface area contributed by atoms with Crippen molar-refractivity contribution in [1.82, 2.24) is 4.98 Å². The Balaban J connectivity index is 2.15. The van der Waals surface area contributed by atoms with E-state index in [1.165, 1.54) is 0 Å². The Bertz CT molecular complexity index is 595. The quantitative estimate of drug-likeness (QED) is 0.687. The minimum atomic E-state index is -0.641. The number of rotatable bonds is 2. The predicted octanol–water partition coefficient (Wildman–Crippen LogP) is 2.84. The lowest BCUT2D eigenvalue weighted by Gasteiger charge is -2.09. The monoisotopic (exact) mass is 213 g/mol. The van der Waals surface area contributed by atoms with E-state index in [0.717, 1.165) is 22.0 Å². The Morgan fingerprint density at radius 3 is 2.94 bits per heavy atom. The van der Waals surface area contributed by atoms with Gasteiger partial charge in [-0.3, -0.25) is 0 Å². The van der Waals surface area contributed by atoms with Gasteiger partial charge in [0.1, 0.15) is 6.10 Å². The number of benzene rings is 1. The third-order valence-electron chi connectivity index (χ3n) is 2.78. The van der Waals surface area contributed by atoms with E-state index < -0.39 is 6.10 Å². The van der Waals surface area contributed by atoms with Crippen molar-refractivity contribution in [2.75, 3.05) is 0 Å². The topological polar surface area (TPSA) is 49.2 Å². The maximum Gasteiger partial charge on any atom is 0.108 e. The van der Waals surface area contributed by atoms with Gasteiger partial charge in [-0.05, 0) is 23.8 Å². The number of aliphatic hydroxyl groups is 1. The molecule has 1 atom stereocenters. The van der Waals surface area contributed by atoms with Crippen molar-refractivity contribution in [3.63, 3.8) is 0 Å². The Kier molecular flexibility index (Phi) is 2.04. The Labute approximate surface area is 92.3 Å². The second-order valence-corrected chi connectivity index (χ2v) is 3.75. The summed E-state index contributed by atoms with van der Waals surface area (Å²) in [7, 11) is 0. The van der Waals surface area contributed by atoms with E-state index in [1.54, 1.807) is 18.6 Å². The molecule has 0 aliphatic heterocycles. The largest absolute Gasteiger partial charge is 0.472 e. The standard InChI is InChI=1S/C13H11NO2/c15-13(9-5-7-16-8-9)11-2-1-3-12-10(11)4-6-14-12/h1-8,13-15H. The van der Waals surface area contributed by atoms with Crippen molar-refractivity contribution in [2.45, 2.75) is 6.10 Å². The number of fused-ring (bicyclic) bond motifs is 1. The minimum absolute atomic E-state index is 0.641. The van der Waals surface area contributed by atoms with Crippen LogP contribution < -0.4 is 0 Å². The molecule has 16 heavy (non-hydrogen) atoms. The van der Waals surface area contributed by atoms with Crippen LogP contribution in [0.25, 0.3) is 10.9 Å². The highest BCUT2D eigenvalue weighted by molar-refractivity contribution is 5.83. The summed E-state index contributed by atoms with van der Waals surface area (Å²) in [5, 5.41) is 11.3. The summed E-state index contributed by atoms with van der Waals surface area (Å²) in [6, 6.07) is 9.58. The van der Waals surface area contributed by atoms with Gasteiger partial charge in [-0.15, -0.1) is 0 Å². The number of H-pyrrole nitrogens is 1. The molecule has 0 spiro atoms. The highest BCUT2D eigenvalue weighted by atomic mass is 16.3. The first-order valence-corrected chi connectivity index (χ1v) is 5.12. The van der Waals surface area contributed by atoms with E-state index in [1.807, 2.05) is 30.5 Å². The zero-order chi connectivity index (χ0) is 11.0. The summed E-state index contributed by atoms with van der Waals surface area (Å²) >= 11 is 0. The first-order chi connectivity index (χ1) is 7.86. The molecule has 2 aromatic heterocycles. The summed E-state index contributed by atoms with van der Waals surface area (Å²) in [4.78, 5) is 3.13. The Hall–Kier alpha value is -2.00. The van der Waals surface area contributed by atoms with Crippen LogP contribution in [-0.2, 0) is 0 Å². The molecule has 3 heteroatoms. The van der Waals surface area contributed by atoms with Crippen LogP contribution in [0.5, 0.6) is 0 Å². The number of furan rings is 1. The van der Waals surface area contributed by atoms with Gasteiger partial charge in [0, 0.05) is 22.7 Å². The van der Waals surface area contributed by atoms with Crippen LogP contribution in [0.4, 0.5) is 0 Å². The van der Waals surface area contributed by atoms with Gasteiger partial charge in [-0.25, -0.2) is 0 Å². The van der Waals surface area contributed by atoms with Gasteiger partial charge < -0.3 is 14.5 Å². The molecule has 0 radical (unpaired) electrons. The Morgan fingerprint density at radius 1 is 1.19 bits per heavy atom. The maximum absolute atomic E-state index is 10.2. The normalized spacial score (nSPS) is 13.1. The summed E-state index contributed by atoms with van der Waals surface area (Å²) < 4.78 is 4.98. The SMILES string of the molecule is OC(c1ccoc1)c1cccc2[nH]ccc12. The van der Waals surface area contributed by atoms with Crippen LogP contribution >= 0.6 is 0 Å². The second kappa shape index (κ2) is 3.54. The molecule has 0 bridgehead atoms. The van der Waals surface area contributed by atoms with Crippen LogP contribution in [0, 0.1) is 0 Å². The molecule has 3 nitrogen and oxygen atoms in total. The zero-order valence-corrected chi connectivity index (χ0v) is 8.55. The van der Waals surface area contributed by atoms with Gasteiger partial charge in [0.15, 0.2) is 0 Å². The van der Waals surface area contributed by atoms with Crippen LogP contribution in [0.3, 0.4) is 0 Å². The molecule has 0 amide bonds. The molecular formula is C13H11NO2. The van der Waals surface area contributed by atoms with Crippen LogP contribution in [0.15, 0.2) is 53.5 Å². The fraction of sp³-hybridized carbons (Fsp3) is 0.0769. The van der Waals surface area contributed by atoms with E-state index in [9.17, 15) is 5.11 Å². The lowest BCUT2D eigenvalue weighted by molar-refractivity contribution is 0.221. The van der Waals surface area contributed by atoms with Crippen LogP contribution in [0.1, 0.15) is 17.2 Å². The third kappa shape index (κ3) is 1.33. The minimum Gasteiger partial charge on any atom is -0.472 e. The molecule has 3 aromatic rings. The number of aromatic nitrogens is 1. The van der Waals surface area contributed by atoms with Crippen molar-refractivity contribution in [3.05, 3.63) is 60.2 Å². The van der Waals surface area contributed by atoms with Crippen molar-refractivity contribution >= 4 is 10.9 Å². The van der Waals surface area contributed by atoms with E-state index in [4.69, 9.17) is 4.42 Å². The summed E-state index contributed by atoms with van der Waals surface area (Å²) in [5.74, 6) is 0. The second-order valence-electron chi connectivity index (χ2n) is 3.75. The average molecular weight is 213 g/mol. The van der Waals surface area contributed by atoms with Gasteiger partial charge in [0.25, 0.3) is 0 Å². The fourth-order valence-corrected chi connectivity index (χ4v) is 1.96. The number of aromatic amines is 1. The average Bonchev–Trinajstić information content (AvgIpc) is 2.98. The molecule has 1 unspecified atom stereocenters. The first-order valence-electron chi connectivity index (χ1n) is 5.12. The van der Waals surface area contributed by atoms with Crippen LogP contribution in [-0.4, -0.2) is 10.1 Å². The first kappa shape index (κ1) is 9.24. The molecule has 0 saturated carbocycles. The van der Waals surface area contributed by atoms with Gasteiger partial charge in [-0.1, -0.05) is 12.1 Å². The molecule has 2 N–H and O–H groups in total. The van der Waals surface area contributed by atoms with E-state index >= 15 is 0 Å². The van der Waals surface area contributed by atoms with Gasteiger partial charge in [0.05, 0.1) is 12.5 Å². The zero-order valence-electron chi connectivity index (χ0n) is 8.55. The lowest BCUT2D eigenvalue weighted by atomic mass is 10.0. The number of hydrogen-bond acceptors (Lipinski definition) is 2. The molecule has 0 saturated heterocycles. The summed E-state index contributed by atoms with van der Waals surface area (Å²) in [5.41, 5.74) is 2.69. The van der Waals surface area contributed by atoms with E-state index in [0.29, 0.717) is 0 Å². The van der Waals surface area contributed by atoms with Crippen molar-refractivity contribution in [3.8, 4) is 0 Å². The van der Waals surface area contributed by atoms with Crippen molar-refractivity contribution in [1.29, 1.82) is 0 Å². The fourth-order valence-electron chi connectivity index (χ4n) is 1.96. The van der Waals surface area contributed by atoms with Crippen molar-refractivity contribution < 1.29 is 9.52 Å². The van der Waals surface area contributed by atoms with Gasteiger partial charge in [-0.2, -0.15) is 0 Å².